The molecular formula is C16H18FNO. The van der Waals surface area contributed by atoms with E-state index in [1.54, 1.807) is 19.1 Å². The van der Waals surface area contributed by atoms with Crippen LogP contribution < -0.4 is 10.5 Å². The van der Waals surface area contributed by atoms with Crippen LogP contribution in [0.5, 0.6) is 5.75 Å². The highest BCUT2D eigenvalue weighted by Crippen LogP contribution is 2.21. The molecule has 0 saturated heterocycles. The number of hydrogen-bond acceptors (Lipinski definition) is 2. The highest BCUT2D eigenvalue weighted by Gasteiger charge is 2.08. The van der Waals surface area contributed by atoms with Crippen LogP contribution in [0.25, 0.3) is 0 Å². The summed E-state index contributed by atoms with van der Waals surface area (Å²) in [5.74, 6) is 0.193. The third-order valence-corrected chi connectivity index (χ3v) is 2.99. The molecule has 19 heavy (non-hydrogen) atoms. The topological polar surface area (TPSA) is 35.2 Å². The lowest BCUT2D eigenvalue weighted by Gasteiger charge is -2.10. The van der Waals surface area contributed by atoms with E-state index in [2.05, 4.69) is 0 Å². The number of halogens is 1. The van der Waals surface area contributed by atoms with Crippen molar-refractivity contribution in [1.29, 1.82) is 0 Å². The zero-order chi connectivity index (χ0) is 13.8. The largest absolute Gasteiger partial charge is 0.489 e. The Kier molecular flexibility index (Phi) is 4.17. The molecule has 2 N–H and O–H groups in total. The maximum Gasteiger partial charge on any atom is 0.131 e. The maximum atomic E-state index is 13.7. The Balaban J connectivity index is 2.04. The van der Waals surface area contributed by atoms with E-state index in [4.69, 9.17) is 10.5 Å². The standard InChI is InChI=1S/C16H18FNO/c1-11-3-5-13(6-4-11)10-19-14-7-8-15(12(2)18)16(17)9-14/h3-9,12H,10,18H2,1-2H3/t12-/m1/s1. The number of aryl methyl sites for hydroxylation is 1. The molecule has 0 aliphatic carbocycles. The van der Waals surface area contributed by atoms with Gasteiger partial charge in [-0.25, -0.2) is 4.39 Å². The predicted molar refractivity (Wildman–Crippen MR) is 74.5 cm³/mol. The fourth-order valence-electron chi connectivity index (χ4n) is 1.82. The van der Waals surface area contributed by atoms with Gasteiger partial charge < -0.3 is 10.5 Å². The summed E-state index contributed by atoms with van der Waals surface area (Å²) in [7, 11) is 0. The lowest BCUT2D eigenvalue weighted by Crippen LogP contribution is -2.07. The van der Waals surface area contributed by atoms with Gasteiger partial charge in [0.2, 0.25) is 0 Å². The highest BCUT2D eigenvalue weighted by atomic mass is 19.1. The van der Waals surface area contributed by atoms with Crippen LogP contribution >= 0.6 is 0 Å². The predicted octanol–water partition coefficient (Wildman–Crippen LogP) is 3.73. The van der Waals surface area contributed by atoms with Gasteiger partial charge in [-0.3, -0.25) is 0 Å². The second kappa shape index (κ2) is 5.85. The van der Waals surface area contributed by atoms with Crippen molar-refractivity contribution in [2.75, 3.05) is 0 Å². The minimum absolute atomic E-state index is 0.314. The van der Waals surface area contributed by atoms with Crippen molar-refractivity contribution >= 4 is 0 Å². The van der Waals surface area contributed by atoms with Gasteiger partial charge in [0.05, 0.1) is 0 Å². The minimum atomic E-state index is -0.323. The Morgan fingerprint density at radius 1 is 1.16 bits per heavy atom. The van der Waals surface area contributed by atoms with Crippen molar-refractivity contribution in [3.05, 3.63) is 65.0 Å². The van der Waals surface area contributed by atoms with E-state index in [0.29, 0.717) is 17.9 Å². The fraction of sp³-hybridized carbons (Fsp3) is 0.250. The second-order valence-corrected chi connectivity index (χ2v) is 4.75. The molecule has 0 saturated carbocycles. The van der Waals surface area contributed by atoms with Gasteiger partial charge in [-0.15, -0.1) is 0 Å². The summed E-state index contributed by atoms with van der Waals surface area (Å²) in [5.41, 5.74) is 8.43. The van der Waals surface area contributed by atoms with Gasteiger partial charge in [0.1, 0.15) is 18.2 Å². The molecule has 100 valence electrons. The van der Waals surface area contributed by atoms with Crippen molar-refractivity contribution in [3.63, 3.8) is 0 Å². The van der Waals surface area contributed by atoms with Crippen LogP contribution in [0.3, 0.4) is 0 Å². The molecule has 3 heteroatoms. The van der Waals surface area contributed by atoms with Gasteiger partial charge >= 0.3 is 0 Å². The van der Waals surface area contributed by atoms with Gasteiger partial charge in [0.25, 0.3) is 0 Å². The van der Waals surface area contributed by atoms with Crippen molar-refractivity contribution < 1.29 is 9.13 Å². The van der Waals surface area contributed by atoms with Crippen LogP contribution in [0, 0.1) is 12.7 Å². The quantitative estimate of drug-likeness (QED) is 0.908. The number of nitrogens with two attached hydrogens (primary N) is 1. The first-order valence-corrected chi connectivity index (χ1v) is 6.29. The Labute approximate surface area is 113 Å². The van der Waals surface area contributed by atoms with E-state index in [0.717, 1.165) is 5.56 Å². The molecule has 2 rings (SSSR count). The van der Waals surface area contributed by atoms with E-state index in [1.807, 2.05) is 31.2 Å². The molecule has 0 spiro atoms. The van der Waals surface area contributed by atoms with Crippen LogP contribution in [0.15, 0.2) is 42.5 Å². The number of rotatable bonds is 4. The molecule has 0 aliphatic heterocycles. The molecule has 0 fully saturated rings. The van der Waals surface area contributed by atoms with Crippen molar-refractivity contribution in [2.24, 2.45) is 5.73 Å². The third-order valence-electron chi connectivity index (χ3n) is 2.99. The summed E-state index contributed by atoms with van der Waals surface area (Å²) in [6.45, 7) is 4.22. The molecule has 0 aliphatic rings. The normalized spacial score (nSPS) is 12.2. The van der Waals surface area contributed by atoms with Gasteiger partial charge in [0, 0.05) is 17.7 Å². The molecule has 0 heterocycles. The lowest BCUT2D eigenvalue weighted by molar-refractivity contribution is 0.304. The summed E-state index contributed by atoms with van der Waals surface area (Å²) in [6.07, 6.45) is 0. The van der Waals surface area contributed by atoms with Gasteiger partial charge in [0.15, 0.2) is 0 Å². The van der Waals surface area contributed by atoms with E-state index in [-0.39, 0.29) is 11.9 Å². The molecule has 1 atom stereocenters. The minimum Gasteiger partial charge on any atom is -0.489 e. The lowest BCUT2D eigenvalue weighted by atomic mass is 10.1. The zero-order valence-corrected chi connectivity index (χ0v) is 11.2. The van der Waals surface area contributed by atoms with Gasteiger partial charge in [-0.1, -0.05) is 35.9 Å². The SMILES string of the molecule is Cc1ccc(COc2ccc([C@@H](C)N)c(F)c2)cc1. The monoisotopic (exact) mass is 259 g/mol. The first-order valence-electron chi connectivity index (χ1n) is 6.29. The van der Waals surface area contributed by atoms with Crippen LogP contribution in [-0.2, 0) is 6.61 Å². The summed E-state index contributed by atoms with van der Waals surface area (Å²) < 4.78 is 19.3. The summed E-state index contributed by atoms with van der Waals surface area (Å²) in [5, 5.41) is 0. The van der Waals surface area contributed by atoms with Crippen molar-refractivity contribution in [3.8, 4) is 5.75 Å². The number of hydrogen-bond donors (Lipinski definition) is 1. The number of benzene rings is 2. The van der Waals surface area contributed by atoms with E-state index < -0.39 is 0 Å². The van der Waals surface area contributed by atoms with Crippen LogP contribution in [-0.4, -0.2) is 0 Å². The maximum absolute atomic E-state index is 13.7. The first-order chi connectivity index (χ1) is 9.06. The van der Waals surface area contributed by atoms with Gasteiger partial charge in [-0.2, -0.15) is 0 Å². The molecule has 2 nitrogen and oxygen atoms in total. The fourth-order valence-corrected chi connectivity index (χ4v) is 1.82. The summed E-state index contributed by atoms with van der Waals surface area (Å²) >= 11 is 0. The molecule has 0 aromatic heterocycles. The molecule has 0 unspecified atom stereocenters. The van der Waals surface area contributed by atoms with Crippen LogP contribution in [0.2, 0.25) is 0 Å². The third kappa shape index (κ3) is 3.55. The zero-order valence-electron chi connectivity index (χ0n) is 11.2. The Morgan fingerprint density at radius 2 is 1.84 bits per heavy atom. The van der Waals surface area contributed by atoms with Gasteiger partial charge in [-0.05, 0) is 25.5 Å². The van der Waals surface area contributed by atoms with Crippen molar-refractivity contribution in [1.82, 2.24) is 0 Å². The molecular weight excluding hydrogens is 241 g/mol. The Hall–Kier alpha value is -1.87. The molecule has 2 aromatic carbocycles. The van der Waals surface area contributed by atoms with E-state index in [1.165, 1.54) is 11.6 Å². The van der Waals surface area contributed by atoms with Crippen LogP contribution in [0.1, 0.15) is 29.7 Å². The molecule has 0 radical (unpaired) electrons. The molecule has 0 bridgehead atoms. The molecule has 2 aromatic rings. The Morgan fingerprint density at radius 3 is 2.42 bits per heavy atom. The average Bonchev–Trinajstić information content (AvgIpc) is 2.37. The van der Waals surface area contributed by atoms with E-state index in [9.17, 15) is 4.39 Å². The van der Waals surface area contributed by atoms with Crippen molar-refractivity contribution in [2.45, 2.75) is 26.5 Å². The summed E-state index contributed by atoms with van der Waals surface area (Å²) in [6, 6.07) is 12.5. The van der Waals surface area contributed by atoms with E-state index >= 15 is 0 Å². The Bertz CT molecular complexity index is 549. The number of ether oxygens (including phenoxy) is 1. The summed E-state index contributed by atoms with van der Waals surface area (Å²) in [4.78, 5) is 0. The molecule has 0 amide bonds. The van der Waals surface area contributed by atoms with Crippen LogP contribution in [0.4, 0.5) is 4.39 Å². The average molecular weight is 259 g/mol. The smallest absolute Gasteiger partial charge is 0.131 e. The first kappa shape index (κ1) is 13.6. The highest BCUT2D eigenvalue weighted by molar-refractivity contribution is 5.31. The second-order valence-electron chi connectivity index (χ2n) is 4.75.